The topological polar surface area (TPSA) is 50.5 Å². The number of rotatable bonds is 2. The Morgan fingerprint density at radius 2 is 1.79 bits per heavy atom. The smallest absolute Gasteiger partial charge is 0.416 e. The molecule has 0 radical (unpaired) electrons. The van der Waals surface area contributed by atoms with Gasteiger partial charge in [0, 0.05) is 31.5 Å². The van der Waals surface area contributed by atoms with E-state index in [0.717, 1.165) is 12.1 Å². The number of amides is 1. The summed E-state index contributed by atoms with van der Waals surface area (Å²) in [6.45, 7) is 0.661. The molecule has 1 aromatic heterocycles. The highest BCUT2D eigenvalue weighted by atomic mass is 19.4. The zero-order valence-electron chi connectivity index (χ0n) is 12.6. The Morgan fingerprint density at radius 1 is 1.08 bits per heavy atom. The van der Waals surface area contributed by atoms with Crippen molar-refractivity contribution in [3.8, 4) is 11.3 Å². The number of hydrogen-bond acceptors (Lipinski definition) is 3. The minimum atomic E-state index is -4.44. The molecule has 0 bridgehead atoms. The molecule has 2 heterocycles. The third-order valence-electron chi connectivity index (χ3n) is 3.90. The number of likely N-dealkylation sites (tertiary alicyclic amines) is 1. The number of benzene rings is 1. The van der Waals surface area contributed by atoms with Crippen LogP contribution in [0.3, 0.4) is 0 Å². The van der Waals surface area contributed by atoms with Gasteiger partial charge in [-0.1, -0.05) is 12.1 Å². The molecular formula is C17H14F3NO3. The number of carbonyl (C=O) groups is 2. The van der Waals surface area contributed by atoms with E-state index in [4.69, 9.17) is 4.42 Å². The van der Waals surface area contributed by atoms with Crippen LogP contribution in [0.25, 0.3) is 11.3 Å². The first-order chi connectivity index (χ1) is 11.3. The average Bonchev–Trinajstić information content (AvgIpc) is 3.04. The highest BCUT2D eigenvalue weighted by Crippen LogP contribution is 2.32. The molecule has 3 rings (SSSR count). The molecule has 1 fully saturated rings. The highest BCUT2D eigenvalue weighted by molar-refractivity contribution is 5.93. The van der Waals surface area contributed by atoms with E-state index in [9.17, 15) is 22.8 Å². The second-order valence-electron chi connectivity index (χ2n) is 5.57. The maximum absolute atomic E-state index is 12.8. The van der Waals surface area contributed by atoms with E-state index >= 15 is 0 Å². The van der Waals surface area contributed by atoms with Crippen molar-refractivity contribution >= 4 is 11.7 Å². The summed E-state index contributed by atoms with van der Waals surface area (Å²) < 4.78 is 43.8. The summed E-state index contributed by atoms with van der Waals surface area (Å²) in [7, 11) is 0. The molecule has 4 nitrogen and oxygen atoms in total. The first kappa shape index (κ1) is 16.3. The quantitative estimate of drug-likeness (QED) is 0.838. The molecule has 7 heteroatoms. The van der Waals surface area contributed by atoms with Crippen molar-refractivity contribution in [1.29, 1.82) is 0 Å². The number of ketones is 1. The standard InChI is InChI=1S/C17H14F3NO3/c18-17(19,20)12-3-1-2-11(10-12)14-4-5-15(24-14)16(23)21-8-6-13(22)7-9-21/h1-5,10H,6-9H2. The molecule has 0 aliphatic carbocycles. The predicted molar refractivity (Wildman–Crippen MR) is 79.3 cm³/mol. The van der Waals surface area contributed by atoms with Gasteiger partial charge in [-0.05, 0) is 24.3 Å². The number of furan rings is 1. The lowest BCUT2D eigenvalue weighted by molar-refractivity contribution is -0.137. The molecule has 0 unspecified atom stereocenters. The van der Waals surface area contributed by atoms with Crippen molar-refractivity contribution in [2.75, 3.05) is 13.1 Å². The van der Waals surface area contributed by atoms with Crippen molar-refractivity contribution in [3.63, 3.8) is 0 Å². The zero-order valence-corrected chi connectivity index (χ0v) is 12.6. The number of hydrogen-bond donors (Lipinski definition) is 0. The van der Waals surface area contributed by atoms with E-state index in [1.165, 1.54) is 29.2 Å². The summed E-state index contributed by atoms with van der Waals surface area (Å²) in [6, 6.07) is 7.64. The monoisotopic (exact) mass is 337 g/mol. The van der Waals surface area contributed by atoms with Crippen LogP contribution in [0.5, 0.6) is 0 Å². The van der Waals surface area contributed by atoms with Crippen LogP contribution in [-0.2, 0) is 11.0 Å². The van der Waals surface area contributed by atoms with Gasteiger partial charge in [0.25, 0.3) is 5.91 Å². The Hall–Kier alpha value is -2.57. The highest BCUT2D eigenvalue weighted by Gasteiger charge is 2.31. The van der Waals surface area contributed by atoms with Gasteiger partial charge in [-0.2, -0.15) is 13.2 Å². The average molecular weight is 337 g/mol. The second kappa shape index (κ2) is 6.14. The first-order valence-corrected chi connectivity index (χ1v) is 7.43. The summed E-state index contributed by atoms with van der Waals surface area (Å²) in [6.07, 6.45) is -3.82. The molecular weight excluding hydrogens is 323 g/mol. The Bertz CT molecular complexity index is 769. The van der Waals surface area contributed by atoms with Crippen molar-refractivity contribution in [3.05, 3.63) is 47.7 Å². The van der Waals surface area contributed by atoms with Gasteiger partial charge in [0.1, 0.15) is 11.5 Å². The maximum Gasteiger partial charge on any atom is 0.416 e. The van der Waals surface area contributed by atoms with Gasteiger partial charge in [-0.15, -0.1) is 0 Å². The van der Waals surface area contributed by atoms with Crippen LogP contribution in [0, 0.1) is 0 Å². The minimum Gasteiger partial charge on any atom is -0.451 e. The molecule has 0 atom stereocenters. The van der Waals surface area contributed by atoms with E-state index < -0.39 is 11.7 Å². The number of piperidine rings is 1. The fourth-order valence-electron chi connectivity index (χ4n) is 2.57. The van der Waals surface area contributed by atoms with Gasteiger partial charge < -0.3 is 9.32 Å². The molecule has 0 spiro atoms. The fraction of sp³-hybridized carbons (Fsp3) is 0.294. The van der Waals surface area contributed by atoms with Gasteiger partial charge >= 0.3 is 6.18 Å². The lowest BCUT2D eigenvalue weighted by atomic mass is 10.1. The maximum atomic E-state index is 12.8. The number of nitrogens with zero attached hydrogens (tertiary/aromatic N) is 1. The Balaban J connectivity index is 1.81. The third-order valence-corrected chi connectivity index (χ3v) is 3.90. The van der Waals surface area contributed by atoms with Gasteiger partial charge in [0.2, 0.25) is 0 Å². The Morgan fingerprint density at radius 3 is 2.46 bits per heavy atom. The first-order valence-electron chi connectivity index (χ1n) is 7.43. The van der Waals surface area contributed by atoms with Gasteiger partial charge in [0.05, 0.1) is 5.56 Å². The largest absolute Gasteiger partial charge is 0.451 e. The molecule has 1 saturated heterocycles. The number of halogens is 3. The molecule has 1 aliphatic rings. The summed E-state index contributed by atoms with van der Waals surface area (Å²) >= 11 is 0. The van der Waals surface area contributed by atoms with E-state index in [2.05, 4.69) is 0 Å². The lowest BCUT2D eigenvalue weighted by Crippen LogP contribution is -2.38. The van der Waals surface area contributed by atoms with Gasteiger partial charge in [-0.3, -0.25) is 9.59 Å². The van der Waals surface area contributed by atoms with Crippen LogP contribution < -0.4 is 0 Å². The van der Waals surface area contributed by atoms with E-state index in [0.29, 0.717) is 25.9 Å². The Kier molecular flexibility index (Phi) is 4.17. The normalized spacial score (nSPS) is 15.6. The van der Waals surface area contributed by atoms with Crippen molar-refractivity contribution < 1.29 is 27.2 Å². The molecule has 1 aromatic carbocycles. The molecule has 24 heavy (non-hydrogen) atoms. The number of carbonyl (C=O) groups excluding carboxylic acids is 2. The van der Waals surface area contributed by atoms with Crippen molar-refractivity contribution in [2.45, 2.75) is 19.0 Å². The molecule has 126 valence electrons. The summed E-state index contributed by atoms with van der Waals surface area (Å²) in [4.78, 5) is 25.0. The number of alkyl halides is 3. The summed E-state index contributed by atoms with van der Waals surface area (Å²) in [5.41, 5.74) is -0.531. The SMILES string of the molecule is O=C1CCN(C(=O)c2ccc(-c3cccc(C(F)(F)F)c3)o2)CC1. The minimum absolute atomic E-state index is 0.0526. The number of Topliss-reactive ketones (excluding diaryl/α,β-unsaturated/α-hetero) is 1. The van der Waals surface area contributed by atoms with Crippen molar-refractivity contribution in [1.82, 2.24) is 4.90 Å². The van der Waals surface area contributed by atoms with Gasteiger partial charge in [0.15, 0.2) is 5.76 Å². The molecule has 2 aromatic rings. The van der Waals surface area contributed by atoms with Crippen LogP contribution in [0.2, 0.25) is 0 Å². The van der Waals surface area contributed by atoms with E-state index in [1.54, 1.807) is 0 Å². The molecule has 0 N–H and O–H groups in total. The predicted octanol–water partition coefficient (Wildman–Crippen LogP) is 3.77. The van der Waals surface area contributed by atoms with Crippen LogP contribution in [0.1, 0.15) is 29.0 Å². The summed E-state index contributed by atoms with van der Waals surface area (Å²) in [5, 5.41) is 0. The second-order valence-corrected chi connectivity index (χ2v) is 5.57. The fourth-order valence-corrected chi connectivity index (χ4v) is 2.57. The van der Waals surface area contributed by atoms with Crippen LogP contribution in [0.15, 0.2) is 40.8 Å². The van der Waals surface area contributed by atoms with Crippen molar-refractivity contribution in [2.24, 2.45) is 0 Å². The van der Waals surface area contributed by atoms with Gasteiger partial charge in [-0.25, -0.2) is 0 Å². The summed E-state index contributed by atoms with van der Waals surface area (Å²) in [5.74, 6) is -0.00169. The molecule has 1 aliphatic heterocycles. The van der Waals surface area contributed by atoms with Crippen LogP contribution in [0.4, 0.5) is 13.2 Å². The van der Waals surface area contributed by atoms with Crippen LogP contribution >= 0.6 is 0 Å². The zero-order chi connectivity index (χ0) is 17.3. The lowest BCUT2D eigenvalue weighted by Gasteiger charge is -2.24. The molecule has 0 saturated carbocycles. The molecule has 1 amide bonds. The van der Waals surface area contributed by atoms with Crippen LogP contribution in [-0.4, -0.2) is 29.7 Å². The van der Waals surface area contributed by atoms with E-state index in [-0.39, 0.29) is 28.8 Å². The Labute approximate surface area is 135 Å². The third kappa shape index (κ3) is 3.34. The van der Waals surface area contributed by atoms with E-state index in [1.807, 2.05) is 0 Å².